The first-order chi connectivity index (χ1) is 16.5. The molecule has 0 spiro atoms. The predicted octanol–water partition coefficient (Wildman–Crippen LogP) is 5.01. The summed E-state index contributed by atoms with van der Waals surface area (Å²) in [6.45, 7) is 0.927. The van der Waals surface area contributed by atoms with Crippen LogP contribution in [-0.2, 0) is 4.79 Å². The highest BCUT2D eigenvalue weighted by molar-refractivity contribution is 6.34. The lowest BCUT2D eigenvalue weighted by molar-refractivity contribution is -0.121. The fraction of sp³-hybridized carbons (Fsp3) is 0.308. The monoisotopic (exact) mass is 482 g/mol. The smallest absolute Gasteiger partial charge is 0.254 e. The van der Waals surface area contributed by atoms with E-state index in [0.29, 0.717) is 47.3 Å². The number of halogens is 1. The molecule has 0 radical (unpaired) electrons. The molecule has 0 aliphatic carbocycles. The number of benzene rings is 3. The number of fused-ring (bicyclic) bond motifs is 1. The average molecular weight is 483 g/mol. The molecular formula is C26H27ClN2O5. The highest BCUT2D eigenvalue weighted by Crippen LogP contribution is 2.36. The Morgan fingerprint density at radius 3 is 2.32 bits per heavy atom. The second-order valence-corrected chi connectivity index (χ2v) is 8.53. The summed E-state index contributed by atoms with van der Waals surface area (Å²) in [4.78, 5) is 28.3. The SMILES string of the molecule is COc1cc(Cl)c(NC(=O)[C@@H]2CCCN(C(=O)c3ccc(OC)c4ccccc34)C2)cc1OC. The van der Waals surface area contributed by atoms with Crippen molar-refractivity contribution >= 4 is 39.9 Å². The summed E-state index contributed by atoms with van der Waals surface area (Å²) >= 11 is 6.33. The zero-order valence-electron chi connectivity index (χ0n) is 19.4. The van der Waals surface area contributed by atoms with Gasteiger partial charge in [-0.15, -0.1) is 0 Å². The van der Waals surface area contributed by atoms with Crippen LogP contribution in [-0.4, -0.2) is 51.1 Å². The molecule has 34 heavy (non-hydrogen) atoms. The lowest BCUT2D eigenvalue weighted by Crippen LogP contribution is -2.43. The Balaban J connectivity index is 1.52. The minimum Gasteiger partial charge on any atom is -0.496 e. The molecule has 1 N–H and O–H groups in total. The van der Waals surface area contributed by atoms with Crippen LogP contribution in [0.2, 0.25) is 5.02 Å². The van der Waals surface area contributed by atoms with Gasteiger partial charge in [0.25, 0.3) is 5.91 Å². The number of nitrogens with zero attached hydrogens (tertiary/aromatic N) is 1. The molecule has 1 fully saturated rings. The first-order valence-electron chi connectivity index (χ1n) is 11.0. The van der Waals surface area contributed by atoms with Gasteiger partial charge >= 0.3 is 0 Å². The Bertz CT molecular complexity index is 1230. The van der Waals surface area contributed by atoms with Gasteiger partial charge in [0.15, 0.2) is 11.5 Å². The van der Waals surface area contributed by atoms with Gasteiger partial charge in [0.2, 0.25) is 5.91 Å². The van der Waals surface area contributed by atoms with Crippen LogP contribution in [0.15, 0.2) is 48.5 Å². The molecular weight excluding hydrogens is 456 g/mol. The molecule has 0 saturated carbocycles. The van der Waals surface area contributed by atoms with E-state index in [2.05, 4.69) is 5.32 Å². The van der Waals surface area contributed by atoms with Crippen LogP contribution in [0, 0.1) is 5.92 Å². The Morgan fingerprint density at radius 2 is 1.62 bits per heavy atom. The number of hydrogen-bond acceptors (Lipinski definition) is 5. The quantitative estimate of drug-likeness (QED) is 0.534. The molecule has 8 heteroatoms. The van der Waals surface area contributed by atoms with E-state index in [1.54, 1.807) is 30.2 Å². The van der Waals surface area contributed by atoms with Crippen molar-refractivity contribution in [3.8, 4) is 17.2 Å². The lowest BCUT2D eigenvalue weighted by Gasteiger charge is -2.32. The fourth-order valence-electron chi connectivity index (χ4n) is 4.37. The van der Waals surface area contributed by atoms with Gasteiger partial charge in [-0.05, 0) is 30.4 Å². The van der Waals surface area contributed by atoms with E-state index in [9.17, 15) is 9.59 Å². The van der Waals surface area contributed by atoms with E-state index in [1.165, 1.54) is 14.2 Å². The molecule has 178 valence electrons. The third kappa shape index (κ3) is 4.61. The van der Waals surface area contributed by atoms with Crippen LogP contribution in [0.3, 0.4) is 0 Å². The number of hydrogen-bond donors (Lipinski definition) is 1. The number of likely N-dealkylation sites (tertiary alicyclic amines) is 1. The Hall–Kier alpha value is -3.45. The lowest BCUT2D eigenvalue weighted by atomic mass is 9.95. The highest BCUT2D eigenvalue weighted by Gasteiger charge is 2.30. The van der Waals surface area contributed by atoms with Gasteiger partial charge in [0.1, 0.15) is 5.75 Å². The van der Waals surface area contributed by atoms with Gasteiger partial charge in [0.05, 0.1) is 38.0 Å². The topological polar surface area (TPSA) is 77.1 Å². The highest BCUT2D eigenvalue weighted by atomic mass is 35.5. The molecule has 3 aromatic rings. The summed E-state index contributed by atoms with van der Waals surface area (Å²) in [6, 6.07) is 14.5. The van der Waals surface area contributed by atoms with E-state index in [-0.39, 0.29) is 17.7 Å². The van der Waals surface area contributed by atoms with Crippen LogP contribution in [0.25, 0.3) is 10.8 Å². The first-order valence-corrected chi connectivity index (χ1v) is 11.4. The maximum absolute atomic E-state index is 13.4. The number of carbonyl (C=O) groups is 2. The molecule has 2 amide bonds. The van der Waals surface area contributed by atoms with E-state index in [1.807, 2.05) is 30.3 Å². The van der Waals surface area contributed by atoms with Crippen LogP contribution in [0.5, 0.6) is 17.2 Å². The van der Waals surface area contributed by atoms with Crippen molar-refractivity contribution in [3.05, 3.63) is 59.1 Å². The number of piperidine rings is 1. The molecule has 1 aliphatic heterocycles. The van der Waals surface area contributed by atoms with E-state index >= 15 is 0 Å². The summed E-state index contributed by atoms with van der Waals surface area (Å²) in [5, 5.41) is 4.94. The van der Waals surface area contributed by atoms with Crippen LogP contribution < -0.4 is 19.5 Å². The van der Waals surface area contributed by atoms with Crippen molar-refractivity contribution < 1.29 is 23.8 Å². The number of amides is 2. The van der Waals surface area contributed by atoms with E-state index in [4.69, 9.17) is 25.8 Å². The van der Waals surface area contributed by atoms with Crippen LogP contribution in [0.4, 0.5) is 5.69 Å². The average Bonchev–Trinajstić information content (AvgIpc) is 2.88. The van der Waals surface area contributed by atoms with Crippen molar-refractivity contribution in [2.75, 3.05) is 39.7 Å². The molecule has 7 nitrogen and oxygen atoms in total. The predicted molar refractivity (Wildman–Crippen MR) is 132 cm³/mol. The van der Waals surface area contributed by atoms with E-state index < -0.39 is 0 Å². The van der Waals surface area contributed by atoms with Gasteiger partial charge < -0.3 is 24.4 Å². The summed E-state index contributed by atoms with van der Waals surface area (Å²) in [7, 11) is 4.65. The maximum atomic E-state index is 13.4. The van der Waals surface area contributed by atoms with Crippen LogP contribution >= 0.6 is 11.6 Å². The zero-order chi connectivity index (χ0) is 24.2. The molecule has 4 rings (SSSR count). The van der Waals surface area contributed by atoms with Crippen molar-refractivity contribution in [1.82, 2.24) is 4.90 Å². The molecule has 1 heterocycles. The minimum absolute atomic E-state index is 0.0968. The standard InChI is InChI=1S/C26H27ClN2O5/c1-32-22-11-10-19(17-8-4-5-9-18(17)22)26(31)29-12-6-7-16(15-29)25(30)28-21-14-24(34-3)23(33-2)13-20(21)27/h4-5,8-11,13-14,16H,6-7,12,15H2,1-3H3,(H,28,30)/t16-/m1/s1. The second-order valence-electron chi connectivity index (χ2n) is 8.13. The number of anilines is 1. The maximum Gasteiger partial charge on any atom is 0.254 e. The number of methoxy groups -OCH3 is 3. The largest absolute Gasteiger partial charge is 0.496 e. The summed E-state index contributed by atoms with van der Waals surface area (Å²) in [6.07, 6.45) is 1.42. The third-order valence-electron chi connectivity index (χ3n) is 6.14. The molecule has 0 bridgehead atoms. The van der Waals surface area contributed by atoms with Crippen molar-refractivity contribution in [1.29, 1.82) is 0 Å². The normalized spacial score (nSPS) is 15.6. The van der Waals surface area contributed by atoms with Gasteiger partial charge in [-0.2, -0.15) is 0 Å². The van der Waals surface area contributed by atoms with E-state index in [0.717, 1.165) is 22.9 Å². The summed E-state index contributed by atoms with van der Waals surface area (Å²) in [5.74, 6) is 1.02. The third-order valence-corrected chi connectivity index (χ3v) is 6.46. The Morgan fingerprint density at radius 1 is 0.941 bits per heavy atom. The van der Waals surface area contributed by atoms with Gasteiger partial charge in [-0.1, -0.05) is 35.9 Å². The summed E-state index contributed by atoms with van der Waals surface area (Å²) < 4.78 is 16.0. The van der Waals surface area contributed by atoms with Crippen molar-refractivity contribution in [2.45, 2.75) is 12.8 Å². The molecule has 0 unspecified atom stereocenters. The van der Waals surface area contributed by atoms with Crippen LogP contribution in [0.1, 0.15) is 23.2 Å². The Kier molecular flexibility index (Phi) is 7.12. The molecule has 1 atom stereocenters. The number of nitrogens with one attached hydrogen (secondary N) is 1. The number of ether oxygens (including phenoxy) is 3. The minimum atomic E-state index is -0.355. The van der Waals surface area contributed by atoms with Gasteiger partial charge in [-0.3, -0.25) is 9.59 Å². The van der Waals surface area contributed by atoms with Gasteiger partial charge in [-0.25, -0.2) is 0 Å². The Labute approximate surface area is 203 Å². The van der Waals surface area contributed by atoms with Crippen molar-refractivity contribution in [2.24, 2.45) is 5.92 Å². The summed E-state index contributed by atoms with van der Waals surface area (Å²) in [5.41, 5.74) is 1.04. The number of carbonyl (C=O) groups excluding carboxylic acids is 2. The molecule has 1 aliphatic rings. The number of rotatable bonds is 6. The first kappa shape index (κ1) is 23.7. The zero-order valence-corrected chi connectivity index (χ0v) is 20.1. The second kappa shape index (κ2) is 10.2. The molecule has 1 saturated heterocycles. The molecule has 0 aromatic heterocycles. The molecule has 3 aromatic carbocycles. The van der Waals surface area contributed by atoms with Crippen molar-refractivity contribution in [3.63, 3.8) is 0 Å². The fourth-order valence-corrected chi connectivity index (χ4v) is 4.57. The van der Waals surface area contributed by atoms with Gasteiger partial charge in [0, 0.05) is 36.2 Å².